The van der Waals surface area contributed by atoms with Crippen LogP contribution >= 0.6 is 0 Å². The van der Waals surface area contributed by atoms with Crippen molar-refractivity contribution in [2.45, 2.75) is 19.3 Å². The van der Waals surface area contributed by atoms with Gasteiger partial charge in [0.05, 0.1) is 11.0 Å². The summed E-state index contributed by atoms with van der Waals surface area (Å²) in [6.07, 6.45) is 3.54. The van der Waals surface area contributed by atoms with E-state index in [2.05, 4.69) is 34.1 Å². The number of benzene rings is 2. The van der Waals surface area contributed by atoms with E-state index in [0.717, 1.165) is 35.6 Å². The van der Waals surface area contributed by atoms with Crippen LogP contribution in [-0.4, -0.2) is 16.5 Å². The fourth-order valence-electron chi connectivity index (χ4n) is 3.05. The number of para-hydroxylation sites is 1. The zero-order chi connectivity index (χ0) is 14.2. The number of hydrogen-bond donors (Lipinski definition) is 2. The number of aromatic amines is 1. The minimum absolute atomic E-state index is 0.758. The molecule has 0 saturated heterocycles. The third kappa shape index (κ3) is 2.13. The fraction of sp³-hybridized carbons (Fsp3) is 0.235. The number of H-pyrrole nitrogens is 1. The molecule has 1 aliphatic rings. The Balaban J connectivity index is 1.84. The van der Waals surface area contributed by atoms with Gasteiger partial charge in [0, 0.05) is 17.9 Å². The largest absolute Gasteiger partial charge is 0.399 e. The number of aromatic nitrogens is 2. The van der Waals surface area contributed by atoms with Crippen molar-refractivity contribution < 1.29 is 0 Å². The van der Waals surface area contributed by atoms with Gasteiger partial charge in [-0.1, -0.05) is 18.2 Å². The summed E-state index contributed by atoms with van der Waals surface area (Å²) in [5.74, 6) is 0.907. The molecule has 4 heteroatoms. The van der Waals surface area contributed by atoms with Crippen LogP contribution in [0.4, 0.5) is 17.3 Å². The Morgan fingerprint density at radius 3 is 2.95 bits per heavy atom. The van der Waals surface area contributed by atoms with Crippen LogP contribution in [0.3, 0.4) is 0 Å². The molecule has 0 amide bonds. The van der Waals surface area contributed by atoms with Crippen molar-refractivity contribution in [2.75, 3.05) is 17.2 Å². The molecule has 2 aromatic carbocycles. The van der Waals surface area contributed by atoms with Crippen molar-refractivity contribution in [2.24, 2.45) is 0 Å². The van der Waals surface area contributed by atoms with E-state index in [-0.39, 0.29) is 0 Å². The molecule has 0 radical (unpaired) electrons. The summed E-state index contributed by atoms with van der Waals surface area (Å²) in [6, 6.07) is 14.4. The van der Waals surface area contributed by atoms with Gasteiger partial charge in [-0.2, -0.15) is 0 Å². The van der Waals surface area contributed by atoms with Crippen LogP contribution in [0.1, 0.15) is 18.4 Å². The maximum absolute atomic E-state index is 5.85. The van der Waals surface area contributed by atoms with Crippen molar-refractivity contribution in [1.29, 1.82) is 0 Å². The monoisotopic (exact) mass is 278 g/mol. The number of nitrogen functional groups attached to an aromatic ring is 1. The number of hydrogen-bond acceptors (Lipinski definition) is 3. The second kappa shape index (κ2) is 4.81. The molecule has 0 unspecified atom stereocenters. The number of nitrogens with two attached hydrogens (primary N) is 1. The molecule has 0 atom stereocenters. The highest BCUT2D eigenvalue weighted by Gasteiger charge is 2.19. The Bertz CT molecular complexity index is 790. The number of fused-ring (bicyclic) bond motifs is 2. The van der Waals surface area contributed by atoms with Crippen molar-refractivity contribution in [3.05, 3.63) is 48.0 Å². The molecule has 3 N–H and O–H groups in total. The lowest BCUT2D eigenvalue weighted by Gasteiger charge is -2.21. The van der Waals surface area contributed by atoms with Gasteiger partial charge >= 0.3 is 0 Å². The van der Waals surface area contributed by atoms with E-state index < -0.39 is 0 Å². The predicted octanol–water partition coefficient (Wildman–Crippen LogP) is 3.62. The van der Waals surface area contributed by atoms with E-state index in [1.54, 1.807) is 0 Å². The van der Waals surface area contributed by atoms with Crippen molar-refractivity contribution >= 4 is 28.4 Å². The Morgan fingerprint density at radius 2 is 2.00 bits per heavy atom. The van der Waals surface area contributed by atoms with Gasteiger partial charge in [0.15, 0.2) is 0 Å². The van der Waals surface area contributed by atoms with Gasteiger partial charge in [-0.05, 0) is 49.1 Å². The maximum atomic E-state index is 5.85. The zero-order valence-electron chi connectivity index (χ0n) is 11.8. The predicted molar refractivity (Wildman–Crippen MR) is 86.9 cm³/mol. The Morgan fingerprint density at radius 1 is 1.10 bits per heavy atom. The Labute approximate surface area is 123 Å². The highest BCUT2D eigenvalue weighted by molar-refractivity contribution is 5.82. The van der Waals surface area contributed by atoms with E-state index >= 15 is 0 Å². The van der Waals surface area contributed by atoms with Crippen LogP contribution in [0.15, 0.2) is 42.5 Å². The van der Waals surface area contributed by atoms with Gasteiger partial charge in [0.2, 0.25) is 5.95 Å². The molecule has 4 nitrogen and oxygen atoms in total. The van der Waals surface area contributed by atoms with Crippen LogP contribution in [0.5, 0.6) is 0 Å². The van der Waals surface area contributed by atoms with E-state index in [4.69, 9.17) is 10.7 Å². The standard InChI is InChI=1S/C17H18N4/c18-13-8-9-14-15(11-13)20-17(19-14)21-10-4-3-6-12-5-1-2-7-16(12)21/h1-2,5,7-9,11H,3-4,6,10,18H2,(H,19,20). The zero-order valence-corrected chi connectivity index (χ0v) is 11.8. The molecule has 1 aliphatic heterocycles. The topological polar surface area (TPSA) is 57.9 Å². The summed E-state index contributed by atoms with van der Waals surface area (Å²) >= 11 is 0. The Hall–Kier alpha value is -2.49. The molecule has 3 aromatic rings. The van der Waals surface area contributed by atoms with Gasteiger partial charge in [-0.3, -0.25) is 0 Å². The molecule has 0 fully saturated rings. The lowest BCUT2D eigenvalue weighted by atomic mass is 10.1. The first-order valence-corrected chi connectivity index (χ1v) is 7.42. The first-order valence-electron chi connectivity index (χ1n) is 7.42. The smallest absolute Gasteiger partial charge is 0.208 e. The fourth-order valence-corrected chi connectivity index (χ4v) is 3.05. The first-order chi connectivity index (χ1) is 10.3. The minimum Gasteiger partial charge on any atom is -0.399 e. The molecule has 4 rings (SSSR count). The van der Waals surface area contributed by atoms with E-state index in [0.29, 0.717) is 0 Å². The molecule has 21 heavy (non-hydrogen) atoms. The molecule has 0 spiro atoms. The molecule has 0 aliphatic carbocycles. The third-order valence-electron chi connectivity index (χ3n) is 4.11. The number of aryl methyl sites for hydroxylation is 1. The molecule has 1 aromatic heterocycles. The molecule has 2 heterocycles. The van der Waals surface area contributed by atoms with Crippen LogP contribution in [0.25, 0.3) is 11.0 Å². The summed E-state index contributed by atoms with van der Waals surface area (Å²) in [6.45, 7) is 0.992. The average molecular weight is 278 g/mol. The molecular formula is C17H18N4. The second-order valence-corrected chi connectivity index (χ2v) is 5.57. The van der Waals surface area contributed by atoms with Crippen molar-refractivity contribution in [3.63, 3.8) is 0 Å². The first kappa shape index (κ1) is 12.3. The molecule has 0 bridgehead atoms. The normalized spacial score (nSPS) is 15.0. The summed E-state index contributed by atoms with van der Waals surface area (Å²) in [5.41, 5.74) is 11.2. The minimum atomic E-state index is 0.758. The highest BCUT2D eigenvalue weighted by Crippen LogP contribution is 2.32. The van der Waals surface area contributed by atoms with Gasteiger partial charge in [0.1, 0.15) is 0 Å². The molecular weight excluding hydrogens is 260 g/mol. The van der Waals surface area contributed by atoms with Crippen molar-refractivity contribution in [1.82, 2.24) is 9.97 Å². The lowest BCUT2D eigenvalue weighted by molar-refractivity contribution is 0.755. The van der Waals surface area contributed by atoms with E-state index in [1.807, 2.05) is 18.2 Å². The molecule has 106 valence electrons. The van der Waals surface area contributed by atoms with Gasteiger partial charge in [-0.25, -0.2) is 4.98 Å². The number of nitrogens with zero attached hydrogens (tertiary/aromatic N) is 2. The van der Waals surface area contributed by atoms with Gasteiger partial charge < -0.3 is 15.6 Å². The van der Waals surface area contributed by atoms with Gasteiger partial charge in [0.25, 0.3) is 0 Å². The molecule has 0 saturated carbocycles. The second-order valence-electron chi connectivity index (χ2n) is 5.57. The van der Waals surface area contributed by atoms with E-state index in [9.17, 15) is 0 Å². The average Bonchev–Trinajstić information content (AvgIpc) is 2.78. The Kier molecular flexibility index (Phi) is 2.81. The SMILES string of the molecule is Nc1ccc2nc(N3CCCCc4ccccc43)[nH]c2c1. The van der Waals surface area contributed by atoms with Crippen LogP contribution in [-0.2, 0) is 6.42 Å². The van der Waals surface area contributed by atoms with Crippen molar-refractivity contribution in [3.8, 4) is 0 Å². The third-order valence-corrected chi connectivity index (χ3v) is 4.11. The van der Waals surface area contributed by atoms with Crippen LogP contribution in [0.2, 0.25) is 0 Å². The summed E-state index contributed by atoms with van der Waals surface area (Å²) in [7, 11) is 0. The number of rotatable bonds is 1. The summed E-state index contributed by atoms with van der Waals surface area (Å²) in [5, 5.41) is 0. The summed E-state index contributed by atoms with van der Waals surface area (Å²) < 4.78 is 0. The van der Waals surface area contributed by atoms with Gasteiger partial charge in [-0.15, -0.1) is 0 Å². The number of imidazole rings is 1. The maximum Gasteiger partial charge on any atom is 0.208 e. The quantitative estimate of drug-likeness (QED) is 0.668. The van der Waals surface area contributed by atoms with Crippen LogP contribution < -0.4 is 10.6 Å². The van der Waals surface area contributed by atoms with E-state index in [1.165, 1.54) is 24.1 Å². The summed E-state index contributed by atoms with van der Waals surface area (Å²) in [4.78, 5) is 10.4. The lowest BCUT2D eigenvalue weighted by Crippen LogP contribution is -2.19. The number of nitrogens with one attached hydrogen (secondary N) is 1. The number of anilines is 3. The van der Waals surface area contributed by atoms with Crippen LogP contribution in [0, 0.1) is 0 Å². The highest BCUT2D eigenvalue weighted by atomic mass is 15.3.